The van der Waals surface area contributed by atoms with Crippen molar-refractivity contribution < 1.29 is 14.3 Å². The van der Waals surface area contributed by atoms with Crippen molar-refractivity contribution >= 4 is 21.9 Å². The fourth-order valence-electron chi connectivity index (χ4n) is 1.86. The molecule has 0 amide bonds. The lowest BCUT2D eigenvalue weighted by atomic mass is 9.89. The second kappa shape index (κ2) is 7.01. The van der Waals surface area contributed by atoms with E-state index in [1.807, 2.05) is 13.8 Å². The predicted octanol–water partition coefficient (Wildman–Crippen LogP) is 3.22. The molecule has 0 aromatic heterocycles. The minimum absolute atomic E-state index is 0.116. The van der Waals surface area contributed by atoms with E-state index in [1.54, 1.807) is 12.1 Å². The second-order valence-corrected chi connectivity index (χ2v) is 6.31. The zero-order valence-corrected chi connectivity index (χ0v) is 12.8. The first-order valence-corrected chi connectivity index (χ1v) is 6.96. The molecule has 106 valence electrons. The van der Waals surface area contributed by atoms with Crippen molar-refractivity contribution in [1.82, 2.24) is 5.32 Å². The predicted molar refractivity (Wildman–Crippen MR) is 76.7 cm³/mol. The van der Waals surface area contributed by atoms with Crippen LogP contribution in [0.15, 0.2) is 22.7 Å². The van der Waals surface area contributed by atoms with Crippen LogP contribution in [0.5, 0.6) is 0 Å². The summed E-state index contributed by atoms with van der Waals surface area (Å²) in [5.74, 6) is -1.01. The third-order valence-electron chi connectivity index (χ3n) is 2.81. The molecule has 0 fully saturated rings. The Morgan fingerprint density at radius 3 is 2.79 bits per heavy atom. The Morgan fingerprint density at radius 1 is 1.47 bits per heavy atom. The van der Waals surface area contributed by atoms with Gasteiger partial charge in [-0.3, -0.25) is 4.79 Å². The maximum Gasteiger partial charge on any atom is 0.303 e. The lowest BCUT2D eigenvalue weighted by Crippen LogP contribution is -2.32. The van der Waals surface area contributed by atoms with E-state index in [1.165, 1.54) is 6.07 Å². The van der Waals surface area contributed by atoms with Crippen LogP contribution in [0.1, 0.15) is 25.8 Å². The lowest BCUT2D eigenvalue weighted by molar-refractivity contribution is -0.139. The number of halogens is 2. The Bertz CT molecular complexity index is 449. The van der Waals surface area contributed by atoms with Crippen molar-refractivity contribution in [3.63, 3.8) is 0 Å². The minimum atomic E-state index is -0.801. The summed E-state index contributed by atoms with van der Waals surface area (Å²) in [6, 6.07) is 4.87. The molecule has 5 heteroatoms. The Morgan fingerprint density at radius 2 is 2.16 bits per heavy atom. The lowest BCUT2D eigenvalue weighted by Gasteiger charge is -2.22. The normalized spacial score (nSPS) is 11.6. The van der Waals surface area contributed by atoms with Crippen molar-refractivity contribution in [3.8, 4) is 0 Å². The van der Waals surface area contributed by atoms with Gasteiger partial charge >= 0.3 is 5.97 Å². The summed E-state index contributed by atoms with van der Waals surface area (Å²) in [5, 5.41) is 11.9. The molecule has 1 rings (SSSR count). The Balaban J connectivity index is 2.38. The van der Waals surface area contributed by atoms with E-state index < -0.39 is 5.97 Å². The average Bonchev–Trinajstić information content (AvgIpc) is 2.27. The van der Waals surface area contributed by atoms with Gasteiger partial charge in [-0.25, -0.2) is 4.39 Å². The summed E-state index contributed by atoms with van der Waals surface area (Å²) in [4.78, 5) is 10.7. The van der Waals surface area contributed by atoms with Crippen LogP contribution < -0.4 is 5.32 Å². The molecular formula is C14H19BrFNO2. The van der Waals surface area contributed by atoms with Crippen LogP contribution in [0.4, 0.5) is 4.39 Å². The Labute approximate surface area is 121 Å². The molecule has 0 spiro atoms. The highest BCUT2D eigenvalue weighted by atomic mass is 79.9. The molecule has 0 unspecified atom stereocenters. The largest absolute Gasteiger partial charge is 0.481 e. The van der Waals surface area contributed by atoms with Gasteiger partial charge in [-0.2, -0.15) is 0 Å². The fraction of sp³-hybridized carbons (Fsp3) is 0.500. The molecular weight excluding hydrogens is 313 g/mol. The van der Waals surface area contributed by atoms with Crippen LogP contribution in [-0.2, 0) is 11.2 Å². The number of nitrogens with one attached hydrogen (secondary N) is 1. The zero-order chi connectivity index (χ0) is 14.5. The quantitative estimate of drug-likeness (QED) is 0.754. The van der Waals surface area contributed by atoms with Gasteiger partial charge < -0.3 is 10.4 Å². The van der Waals surface area contributed by atoms with E-state index in [2.05, 4.69) is 21.2 Å². The van der Waals surface area contributed by atoms with Gasteiger partial charge in [0.15, 0.2) is 0 Å². The van der Waals surface area contributed by atoms with Gasteiger partial charge in [0.1, 0.15) is 5.82 Å². The SMILES string of the molecule is CC(C)(CNCCc1cc(Br)ccc1F)CC(=O)O. The summed E-state index contributed by atoms with van der Waals surface area (Å²) in [6.07, 6.45) is 0.694. The molecule has 19 heavy (non-hydrogen) atoms. The number of hydrogen-bond donors (Lipinski definition) is 2. The van der Waals surface area contributed by atoms with Crippen LogP contribution in [-0.4, -0.2) is 24.2 Å². The number of rotatable bonds is 7. The summed E-state index contributed by atoms with van der Waals surface area (Å²) < 4.78 is 14.3. The highest BCUT2D eigenvalue weighted by Gasteiger charge is 2.21. The minimum Gasteiger partial charge on any atom is -0.481 e. The zero-order valence-electron chi connectivity index (χ0n) is 11.2. The number of carboxylic acid groups (broad SMARTS) is 1. The maximum atomic E-state index is 13.5. The molecule has 1 aromatic rings. The van der Waals surface area contributed by atoms with Crippen molar-refractivity contribution in [2.45, 2.75) is 26.7 Å². The van der Waals surface area contributed by atoms with E-state index in [9.17, 15) is 9.18 Å². The van der Waals surface area contributed by atoms with Crippen molar-refractivity contribution in [2.24, 2.45) is 5.41 Å². The molecule has 2 N–H and O–H groups in total. The molecule has 0 saturated heterocycles. The molecule has 0 aliphatic rings. The first-order chi connectivity index (χ1) is 8.80. The maximum absolute atomic E-state index is 13.5. The standard InChI is InChI=1S/C14H19BrFNO2/c1-14(2,8-13(18)19)9-17-6-5-10-7-11(15)3-4-12(10)16/h3-4,7,17H,5-6,8-9H2,1-2H3,(H,18,19). The third kappa shape index (κ3) is 6.16. The monoisotopic (exact) mass is 331 g/mol. The highest BCUT2D eigenvalue weighted by Crippen LogP contribution is 2.19. The van der Waals surface area contributed by atoms with E-state index in [-0.39, 0.29) is 17.7 Å². The summed E-state index contributed by atoms with van der Waals surface area (Å²) in [7, 11) is 0. The van der Waals surface area contributed by atoms with Gasteiger partial charge in [0, 0.05) is 11.0 Å². The van der Waals surface area contributed by atoms with Crippen molar-refractivity contribution in [3.05, 3.63) is 34.1 Å². The van der Waals surface area contributed by atoms with Gasteiger partial charge in [-0.05, 0) is 42.1 Å². The molecule has 3 nitrogen and oxygen atoms in total. The van der Waals surface area contributed by atoms with Crippen LogP contribution in [0.25, 0.3) is 0 Å². The molecule has 0 atom stereocenters. The van der Waals surface area contributed by atoms with Gasteiger partial charge in [0.05, 0.1) is 6.42 Å². The Hall–Kier alpha value is -0.940. The van der Waals surface area contributed by atoms with Crippen LogP contribution in [0, 0.1) is 11.2 Å². The summed E-state index contributed by atoms with van der Waals surface area (Å²) in [5.41, 5.74) is 0.347. The number of carboxylic acids is 1. The molecule has 0 saturated carbocycles. The van der Waals surface area contributed by atoms with E-state index in [0.29, 0.717) is 25.1 Å². The van der Waals surface area contributed by atoms with Gasteiger partial charge in [-0.1, -0.05) is 29.8 Å². The van der Waals surface area contributed by atoms with Crippen molar-refractivity contribution in [1.29, 1.82) is 0 Å². The number of benzene rings is 1. The first kappa shape index (κ1) is 16.1. The topological polar surface area (TPSA) is 49.3 Å². The molecule has 0 bridgehead atoms. The molecule has 0 heterocycles. The molecule has 0 aliphatic heterocycles. The third-order valence-corrected chi connectivity index (χ3v) is 3.31. The summed E-state index contributed by atoms with van der Waals surface area (Å²) >= 11 is 3.31. The number of hydrogen-bond acceptors (Lipinski definition) is 2. The summed E-state index contributed by atoms with van der Waals surface area (Å²) in [6.45, 7) is 5.01. The van der Waals surface area contributed by atoms with E-state index in [4.69, 9.17) is 5.11 Å². The smallest absolute Gasteiger partial charge is 0.303 e. The second-order valence-electron chi connectivity index (χ2n) is 5.40. The van der Waals surface area contributed by atoms with Crippen LogP contribution in [0.3, 0.4) is 0 Å². The van der Waals surface area contributed by atoms with E-state index >= 15 is 0 Å². The molecule has 0 radical (unpaired) electrons. The van der Waals surface area contributed by atoms with E-state index in [0.717, 1.165) is 4.47 Å². The molecule has 0 aliphatic carbocycles. The van der Waals surface area contributed by atoms with Gasteiger partial charge in [-0.15, -0.1) is 0 Å². The Kier molecular flexibility index (Phi) is 5.94. The fourth-order valence-corrected chi connectivity index (χ4v) is 2.27. The first-order valence-electron chi connectivity index (χ1n) is 6.17. The van der Waals surface area contributed by atoms with Crippen LogP contribution in [0.2, 0.25) is 0 Å². The molecule has 1 aromatic carbocycles. The van der Waals surface area contributed by atoms with Crippen molar-refractivity contribution in [2.75, 3.05) is 13.1 Å². The number of carbonyl (C=O) groups is 1. The number of aliphatic carboxylic acids is 1. The average molecular weight is 332 g/mol. The highest BCUT2D eigenvalue weighted by molar-refractivity contribution is 9.10. The van der Waals surface area contributed by atoms with Gasteiger partial charge in [0.25, 0.3) is 0 Å². The van der Waals surface area contributed by atoms with Gasteiger partial charge in [0.2, 0.25) is 0 Å². The van der Waals surface area contributed by atoms with Crippen LogP contribution >= 0.6 is 15.9 Å².